The van der Waals surface area contributed by atoms with Crippen LogP contribution in [0.3, 0.4) is 0 Å². The summed E-state index contributed by atoms with van der Waals surface area (Å²) in [5.41, 5.74) is 0.817. The summed E-state index contributed by atoms with van der Waals surface area (Å²) in [5, 5.41) is 4.77. The summed E-state index contributed by atoms with van der Waals surface area (Å²) in [7, 11) is 0. The molecule has 3 rings (SSSR count). The standard InChI is InChI=1S/C22H17ClF2N2O2S/c1-13(21(28)26-15-9-10-20(25)18(23)12-15)30-16-6-4-5-14(11-16)27-22(29)17-7-2-3-8-19(17)24/h2-13H,1H3,(H,26,28)(H,27,29). The number of hydrogen-bond acceptors (Lipinski definition) is 3. The van der Waals surface area contributed by atoms with E-state index in [-0.39, 0.29) is 16.5 Å². The highest BCUT2D eigenvalue weighted by molar-refractivity contribution is 8.00. The molecule has 4 nitrogen and oxygen atoms in total. The number of benzene rings is 3. The second-order valence-electron chi connectivity index (χ2n) is 6.34. The molecule has 0 aliphatic carbocycles. The van der Waals surface area contributed by atoms with Crippen molar-refractivity contribution >= 4 is 46.6 Å². The van der Waals surface area contributed by atoms with E-state index in [9.17, 15) is 18.4 Å². The molecule has 8 heteroatoms. The van der Waals surface area contributed by atoms with Crippen LogP contribution in [-0.4, -0.2) is 17.1 Å². The minimum absolute atomic E-state index is 0.0544. The fourth-order valence-corrected chi connectivity index (χ4v) is 3.67. The van der Waals surface area contributed by atoms with Crippen molar-refractivity contribution in [2.45, 2.75) is 17.1 Å². The molecule has 2 amide bonds. The fraction of sp³-hybridized carbons (Fsp3) is 0.0909. The number of carbonyl (C=O) groups is 2. The van der Waals surface area contributed by atoms with Crippen LogP contribution < -0.4 is 10.6 Å². The Bertz CT molecular complexity index is 1090. The van der Waals surface area contributed by atoms with E-state index >= 15 is 0 Å². The molecule has 0 aromatic heterocycles. The number of amides is 2. The van der Waals surface area contributed by atoms with Crippen LogP contribution in [0.1, 0.15) is 17.3 Å². The Morgan fingerprint density at radius 3 is 2.37 bits per heavy atom. The zero-order valence-electron chi connectivity index (χ0n) is 15.8. The van der Waals surface area contributed by atoms with Crippen LogP contribution in [0.15, 0.2) is 71.6 Å². The molecule has 0 spiro atoms. The van der Waals surface area contributed by atoms with Gasteiger partial charge < -0.3 is 10.6 Å². The van der Waals surface area contributed by atoms with Gasteiger partial charge in [-0.15, -0.1) is 11.8 Å². The second-order valence-corrected chi connectivity index (χ2v) is 8.16. The van der Waals surface area contributed by atoms with Crippen molar-refractivity contribution in [2.75, 3.05) is 10.6 Å². The molecular weight excluding hydrogens is 430 g/mol. The van der Waals surface area contributed by atoms with Crippen molar-refractivity contribution < 1.29 is 18.4 Å². The van der Waals surface area contributed by atoms with Gasteiger partial charge in [-0.25, -0.2) is 8.78 Å². The Labute approximate surface area is 181 Å². The molecule has 3 aromatic carbocycles. The van der Waals surface area contributed by atoms with Gasteiger partial charge in [-0.3, -0.25) is 9.59 Å². The Morgan fingerprint density at radius 1 is 0.900 bits per heavy atom. The molecule has 0 fully saturated rings. The van der Waals surface area contributed by atoms with E-state index in [1.54, 1.807) is 37.3 Å². The Hall–Kier alpha value is -2.90. The smallest absolute Gasteiger partial charge is 0.258 e. The molecule has 1 atom stereocenters. The summed E-state index contributed by atoms with van der Waals surface area (Å²) >= 11 is 7.00. The molecule has 0 aliphatic rings. The molecule has 0 heterocycles. The quantitative estimate of drug-likeness (QED) is 0.457. The van der Waals surface area contributed by atoms with E-state index in [0.717, 1.165) is 4.90 Å². The van der Waals surface area contributed by atoms with Crippen LogP contribution in [-0.2, 0) is 4.79 Å². The lowest BCUT2D eigenvalue weighted by Gasteiger charge is -2.13. The van der Waals surface area contributed by atoms with Crippen molar-refractivity contribution in [1.29, 1.82) is 0 Å². The van der Waals surface area contributed by atoms with E-state index in [1.165, 1.54) is 48.2 Å². The van der Waals surface area contributed by atoms with Crippen molar-refractivity contribution in [3.63, 3.8) is 0 Å². The lowest BCUT2D eigenvalue weighted by Crippen LogP contribution is -2.22. The maximum Gasteiger partial charge on any atom is 0.258 e. The first-order chi connectivity index (χ1) is 14.3. The minimum Gasteiger partial charge on any atom is -0.325 e. The molecule has 0 aliphatic heterocycles. The van der Waals surface area contributed by atoms with E-state index < -0.39 is 22.8 Å². The summed E-state index contributed by atoms with van der Waals surface area (Å²) in [4.78, 5) is 25.4. The van der Waals surface area contributed by atoms with Crippen LogP contribution >= 0.6 is 23.4 Å². The van der Waals surface area contributed by atoms with Gasteiger partial charge in [0.15, 0.2) is 0 Å². The molecule has 30 heavy (non-hydrogen) atoms. The van der Waals surface area contributed by atoms with Crippen LogP contribution in [0.2, 0.25) is 5.02 Å². The lowest BCUT2D eigenvalue weighted by molar-refractivity contribution is -0.115. The van der Waals surface area contributed by atoms with E-state index in [2.05, 4.69) is 10.6 Å². The summed E-state index contributed by atoms with van der Waals surface area (Å²) in [6.07, 6.45) is 0. The maximum atomic E-state index is 13.8. The van der Waals surface area contributed by atoms with Crippen molar-refractivity contribution in [1.82, 2.24) is 0 Å². The van der Waals surface area contributed by atoms with Crippen LogP contribution in [0.4, 0.5) is 20.2 Å². The molecule has 0 saturated carbocycles. The van der Waals surface area contributed by atoms with Gasteiger partial charge in [-0.05, 0) is 55.5 Å². The van der Waals surface area contributed by atoms with Crippen molar-refractivity contribution in [3.8, 4) is 0 Å². The topological polar surface area (TPSA) is 58.2 Å². The zero-order chi connectivity index (χ0) is 21.7. The largest absolute Gasteiger partial charge is 0.325 e. The lowest BCUT2D eigenvalue weighted by atomic mass is 10.2. The summed E-state index contributed by atoms with van der Waals surface area (Å²) in [5.74, 6) is -2.02. The first-order valence-electron chi connectivity index (χ1n) is 8.92. The first kappa shape index (κ1) is 21.8. The van der Waals surface area contributed by atoms with Crippen molar-refractivity contribution in [3.05, 3.63) is 89.0 Å². The van der Waals surface area contributed by atoms with Crippen LogP contribution in [0.5, 0.6) is 0 Å². The normalized spacial score (nSPS) is 11.6. The molecule has 3 aromatic rings. The second kappa shape index (κ2) is 9.73. The Morgan fingerprint density at radius 2 is 1.63 bits per heavy atom. The van der Waals surface area contributed by atoms with Crippen LogP contribution in [0.25, 0.3) is 0 Å². The van der Waals surface area contributed by atoms with E-state index in [1.807, 2.05) is 0 Å². The summed E-state index contributed by atoms with van der Waals surface area (Å²) < 4.78 is 27.0. The van der Waals surface area contributed by atoms with E-state index in [0.29, 0.717) is 11.4 Å². The predicted octanol–water partition coefficient (Wildman–Crippen LogP) is 5.99. The van der Waals surface area contributed by atoms with Gasteiger partial charge in [0.2, 0.25) is 5.91 Å². The van der Waals surface area contributed by atoms with Gasteiger partial charge in [-0.2, -0.15) is 0 Å². The highest BCUT2D eigenvalue weighted by Crippen LogP contribution is 2.27. The van der Waals surface area contributed by atoms with Crippen LogP contribution in [0, 0.1) is 11.6 Å². The van der Waals surface area contributed by atoms with Crippen molar-refractivity contribution in [2.24, 2.45) is 0 Å². The number of anilines is 2. The summed E-state index contributed by atoms with van der Waals surface area (Å²) in [6, 6.07) is 16.5. The number of nitrogens with one attached hydrogen (secondary N) is 2. The Kier molecular flexibility index (Phi) is 7.07. The molecule has 2 N–H and O–H groups in total. The summed E-state index contributed by atoms with van der Waals surface area (Å²) in [6.45, 7) is 1.72. The fourth-order valence-electron chi connectivity index (χ4n) is 2.57. The van der Waals surface area contributed by atoms with Gasteiger partial charge >= 0.3 is 0 Å². The average molecular weight is 447 g/mol. The third-order valence-electron chi connectivity index (χ3n) is 4.08. The van der Waals surface area contributed by atoms with E-state index in [4.69, 9.17) is 11.6 Å². The highest BCUT2D eigenvalue weighted by Gasteiger charge is 2.16. The third kappa shape index (κ3) is 5.58. The Balaban J connectivity index is 1.64. The minimum atomic E-state index is -0.605. The predicted molar refractivity (Wildman–Crippen MR) is 116 cm³/mol. The number of halogens is 3. The molecule has 1 unspecified atom stereocenters. The zero-order valence-corrected chi connectivity index (χ0v) is 17.4. The molecule has 0 bridgehead atoms. The molecule has 0 radical (unpaired) electrons. The molecule has 154 valence electrons. The number of thioether (sulfide) groups is 1. The monoisotopic (exact) mass is 446 g/mol. The van der Waals surface area contributed by atoms with Gasteiger partial charge in [0.1, 0.15) is 11.6 Å². The first-order valence-corrected chi connectivity index (χ1v) is 10.2. The van der Waals surface area contributed by atoms with Gasteiger partial charge in [0.05, 0.1) is 15.8 Å². The maximum absolute atomic E-state index is 13.8. The number of hydrogen-bond donors (Lipinski definition) is 2. The SMILES string of the molecule is CC(Sc1cccc(NC(=O)c2ccccc2F)c1)C(=O)Nc1ccc(F)c(Cl)c1. The number of carbonyl (C=O) groups excluding carboxylic acids is 2. The molecular formula is C22H17ClF2N2O2S. The van der Waals surface area contributed by atoms with Gasteiger partial charge in [0.25, 0.3) is 5.91 Å². The average Bonchev–Trinajstić information content (AvgIpc) is 2.71. The third-order valence-corrected chi connectivity index (χ3v) is 5.46. The van der Waals surface area contributed by atoms with Gasteiger partial charge in [-0.1, -0.05) is 29.8 Å². The highest BCUT2D eigenvalue weighted by atomic mass is 35.5. The van der Waals surface area contributed by atoms with Gasteiger partial charge in [0, 0.05) is 16.3 Å². The number of rotatable bonds is 6. The molecule has 0 saturated heterocycles.